The number of esters is 1. The number of ketones is 1. The summed E-state index contributed by atoms with van der Waals surface area (Å²) >= 11 is 1.65. The molecule has 9 heteroatoms. The van der Waals surface area contributed by atoms with E-state index < -0.39 is 12.2 Å². The number of aliphatic hydroxyl groups excluding tert-OH is 2. The number of carbonyl (C=O) groups is 3. The van der Waals surface area contributed by atoms with E-state index in [1.54, 1.807) is 35.9 Å². The third-order valence-corrected chi connectivity index (χ3v) is 7.85. The maximum Gasteiger partial charge on any atom is 0.306 e. The second-order valence-electron chi connectivity index (χ2n) is 9.56. The number of hydrogen-bond acceptors (Lipinski definition) is 8. The number of aliphatic hydroxyl groups is 2. The monoisotopic (exact) mass is 549 g/mol. The molecular weight excluding hydrogens is 506 g/mol. The van der Waals surface area contributed by atoms with Crippen LogP contribution in [0.25, 0.3) is 0 Å². The minimum Gasteiger partial charge on any atom is -0.456 e. The fraction of sp³-hybridized carbons (Fsp3) is 0.621. The highest BCUT2D eigenvalue weighted by Gasteiger charge is 2.39. The van der Waals surface area contributed by atoms with Gasteiger partial charge in [-0.25, -0.2) is 0 Å². The van der Waals surface area contributed by atoms with Gasteiger partial charge in [-0.1, -0.05) is 36.4 Å². The van der Waals surface area contributed by atoms with E-state index in [0.717, 1.165) is 22.6 Å². The number of methoxy groups -OCH3 is 1. The summed E-state index contributed by atoms with van der Waals surface area (Å²) in [4.78, 5) is 37.9. The summed E-state index contributed by atoms with van der Waals surface area (Å²) in [5, 5.41) is 20.9. The lowest BCUT2D eigenvalue weighted by molar-refractivity contribution is -0.151. The maximum atomic E-state index is 12.5. The van der Waals surface area contributed by atoms with Crippen molar-refractivity contribution in [2.24, 2.45) is 11.8 Å². The molecule has 0 unspecified atom stereocenters. The smallest absolute Gasteiger partial charge is 0.306 e. The molecule has 0 radical (unpaired) electrons. The summed E-state index contributed by atoms with van der Waals surface area (Å²) < 4.78 is 10.2. The van der Waals surface area contributed by atoms with Gasteiger partial charge < -0.3 is 24.6 Å². The normalized spacial score (nSPS) is 20.1. The van der Waals surface area contributed by atoms with E-state index >= 15 is 0 Å². The van der Waals surface area contributed by atoms with E-state index in [2.05, 4.69) is 0 Å². The zero-order valence-electron chi connectivity index (χ0n) is 22.8. The van der Waals surface area contributed by atoms with Gasteiger partial charge in [-0.15, -0.1) is 0 Å². The molecule has 1 aromatic carbocycles. The van der Waals surface area contributed by atoms with Crippen molar-refractivity contribution in [1.29, 1.82) is 0 Å². The van der Waals surface area contributed by atoms with Crippen LogP contribution in [0.3, 0.4) is 0 Å². The predicted octanol–water partition coefficient (Wildman–Crippen LogP) is 3.17. The highest BCUT2D eigenvalue weighted by molar-refractivity contribution is 7.99. The largest absolute Gasteiger partial charge is 0.456 e. The van der Waals surface area contributed by atoms with Gasteiger partial charge in [0.05, 0.1) is 18.8 Å². The van der Waals surface area contributed by atoms with Crippen molar-refractivity contribution in [3.05, 3.63) is 47.5 Å². The van der Waals surface area contributed by atoms with Gasteiger partial charge >= 0.3 is 5.97 Å². The third-order valence-electron chi connectivity index (χ3n) is 6.75. The van der Waals surface area contributed by atoms with Crippen LogP contribution < -0.4 is 0 Å². The molecule has 2 rings (SSSR count). The molecule has 1 aliphatic carbocycles. The van der Waals surface area contributed by atoms with Crippen molar-refractivity contribution in [2.45, 2.75) is 64.8 Å². The Balaban J connectivity index is 1.71. The number of nitrogens with zero attached hydrogens (tertiary/aromatic N) is 1. The van der Waals surface area contributed by atoms with Crippen LogP contribution in [0.2, 0.25) is 0 Å². The maximum absolute atomic E-state index is 12.5. The molecule has 2 N–H and O–H groups in total. The quantitative estimate of drug-likeness (QED) is 0.173. The van der Waals surface area contributed by atoms with Crippen molar-refractivity contribution in [2.75, 3.05) is 38.3 Å². The highest BCUT2D eigenvalue weighted by Crippen LogP contribution is 2.34. The second kappa shape index (κ2) is 17.4. The SMILES string of the molecule is CCN(CC)C(=O)COC(=O)CCCSCC[C@H]1C(=O)C[C@@H](O)[C@@H]1/C=C/[C@@H](O)Cc1cccc(COC)c1. The first-order valence-corrected chi connectivity index (χ1v) is 14.6. The molecule has 212 valence electrons. The van der Waals surface area contributed by atoms with E-state index in [0.29, 0.717) is 39.0 Å². The van der Waals surface area contributed by atoms with Crippen LogP contribution in [0.5, 0.6) is 0 Å². The number of carbonyl (C=O) groups excluding carboxylic acids is 3. The van der Waals surface area contributed by atoms with E-state index in [1.807, 2.05) is 38.1 Å². The summed E-state index contributed by atoms with van der Waals surface area (Å²) in [6, 6.07) is 7.86. The molecule has 0 saturated heterocycles. The average molecular weight is 550 g/mol. The molecule has 1 aliphatic rings. The van der Waals surface area contributed by atoms with Crippen LogP contribution in [-0.4, -0.2) is 83.3 Å². The third kappa shape index (κ3) is 10.9. The zero-order chi connectivity index (χ0) is 27.9. The van der Waals surface area contributed by atoms with Crippen molar-refractivity contribution >= 4 is 29.4 Å². The number of amides is 1. The number of ether oxygens (including phenoxy) is 2. The van der Waals surface area contributed by atoms with Gasteiger partial charge in [0.1, 0.15) is 5.78 Å². The fourth-order valence-corrected chi connectivity index (χ4v) is 5.66. The van der Waals surface area contributed by atoms with Crippen molar-refractivity contribution in [3.8, 4) is 0 Å². The summed E-state index contributed by atoms with van der Waals surface area (Å²) in [6.07, 6.45) is 4.12. The Labute approximate surface area is 230 Å². The molecule has 0 bridgehead atoms. The van der Waals surface area contributed by atoms with Crippen LogP contribution in [0.4, 0.5) is 0 Å². The molecule has 1 amide bonds. The number of thioether (sulfide) groups is 1. The molecule has 38 heavy (non-hydrogen) atoms. The fourth-order valence-electron chi connectivity index (χ4n) is 4.68. The van der Waals surface area contributed by atoms with Gasteiger partial charge in [0.25, 0.3) is 5.91 Å². The Kier molecular flexibility index (Phi) is 14.7. The minimum atomic E-state index is -0.736. The van der Waals surface area contributed by atoms with E-state index in [9.17, 15) is 24.6 Å². The van der Waals surface area contributed by atoms with Gasteiger partial charge in [0.15, 0.2) is 6.61 Å². The second-order valence-corrected chi connectivity index (χ2v) is 10.8. The lowest BCUT2D eigenvalue weighted by atomic mass is 9.91. The molecule has 0 heterocycles. The van der Waals surface area contributed by atoms with E-state index in [1.165, 1.54) is 0 Å². The Morgan fingerprint density at radius 1 is 1.21 bits per heavy atom. The molecule has 1 aromatic rings. The van der Waals surface area contributed by atoms with Gasteiger partial charge in [0, 0.05) is 51.3 Å². The van der Waals surface area contributed by atoms with Crippen molar-refractivity contribution < 1.29 is 34.1 Å². The standard InChI is InChI=1S/C29H43NO7S/c1-4-30(5-2)28(34)20-37-29(35)10-7-14-38-15-13-25-24(26(32)18-27(25)33)12-11-23(31)17-21-8-6-9-22(16-21)19-36-3/h6,8-9,11-12,16,23-26,31-32H,4-5,7,10,13-15,17-20H2,1-3H3/b12-11+/t23-,24-,25-,26-/m1/s1. The first-order chi connectivity index (χ1) is 18.3. The Bertz CT molecular complexity index is 918. The molecular formula is C29H43NO7S. The van der Waals surface area contributed by atoms with Crippen LogP contribution in [0, 0.1) is 11.8 Å². The van der Waals surface area contributed by atoms with Gasteiger partial charge in [-0.3, -0.25) is 14.4 Å². The summed E-state index contributed by atoms with van der Waals surface area (Å²) in [7, 11) is 1.64. The number of hydrogen-bond donors (Lipinski definition) is 2. The molecule has 4 atom stereocenters. The predicted molar refractivity (Wildman–Crippen MR) is 149 cm³/mol. The number of likely N-dealkylation sites (N-methyl/N-ethyl adjacent to an activating group) is 1. The number of rotatable bonds is 17. The highest BCUT2D eigenvalue weighted by atomic mass is 32.2. The van der Waals surface area contributed by atoms with E-state index in [-0.39, 0.29) is 48.9 Å². The van der Waals surface area contributed by atoms with Crippen LogP contribution in [0.15, 0.2) is 36.4 Å². The van der Waals surface area contributed by atoms with Crippen LogP contribution in [-0.2, 0) is 36.9 Å². The molecule has 8 nitrogen and oxygen atoms in total. The first kappa shape index (κ1) is 32.0. The minimum absolute atomic E-state index is 0.0518. The molecule has 0 aromatic heterocycles. The summed E-state index contributed by atoms with van der Waals surface area (Å²) in [5.41, 5.74) is 2.03. The Hall–Kier alpha value is -2.20. The van der Waals surface area contributed by atoms with Crippen molar-refractivity contribution in [1.82, 2.24) is 4.90 Å². The molecule has 0 spiro atoms. The zero-order valence-corrected chi connectivity index (χ0v) is 23.7. The lowest BCUT2D eigenvalue weighted by Crippen LogP contribution is -2.34. The molecule has 0 aliphatic heterocycles. The van der Waals surface area contributed by atoms with Gasteiger partial charge in [-0.05, 0) is 49.3 Å². The van der Waals surface area contributed by atoms with Gasteiger partial charge in [0.2, 0.25) is 0 Å². The Morgan fingerprint density at radius 3 is 2.66 bits per heavy atom. The first-order valence-electron chi connectivity index (χ1n) is 13.4. The summed E-state index contributed by atoms with van der Waals surface area (Å²) in [6.45, 7) is 5.23. The number of Topliss-reactive ketones (excluding diaryl/α,β-unsaturated/α-hetero) is 1. The lowest BCUT2D eigenvalue weighted by Gasteiger charge is -2.18. The molecule has 1 saturated carbocycles. The molecule has 1 fully saturated rings. The number of benzene rings is 1. The van der Waals surface area contributed by atoms with Crippen molar-refractivity contribution in [3.63, 3.8) is 0 Å². The van der Waals surface area contributed by atoms with E-state index in [4.69, 9.17) is 9.47 Å². The van der Waals surface area contributed by atoms with Crippen LogP contribution in [0.1, 0.15) is 50.7 Å². The average Bonchev–Trinajstić information content (AvgIpc) is 3.16. The van der Waals surface area contributed by atoms with Crippen LogP contribution >= 0.6 is 11.8 Å². The topological polar surface area (TPSA) is 113 Å². The van der Waals surface area contributed by atoms with Gasteiger partial charge in [-0.2, -0.15) is 11.8 Å². The summed E-state index contributed by atoms with van der Waals surface area (Å²) in [5.74, 6) is 0.374. The Morgan fingerprint density at radius 2 is 1.95 bits per heavy atom.